The van der Waals surface area contributed by atoms with Crippen molar-refractivity contribution in [2.75, 3.05) is 13.2 Å². The fourth-order valence-corrected chi connectivity index (χ4v) is 3.49. The highest BCUT2D eigenvalue weighted by Gasteiger charge is 2.18. The van der Waals surface area contributed by atoms with Gasteiger partial charge in [0.1, 0.15) is 0 Å². The van der Waals surface area contributed by atoms with Crippen molar-refractivity contribution in [3.8, 4) is 0 Å². The molecule has 2 unspecified atom stereocenters. The van der Waals surface area contributed by atoms with Crippen LogP contribution in [0.25, 0.3) is 0 Å². The summed E-state index contributed by atoms with van der Waals surface area (Å²) in [5, 5.41) is 3.37. The first-order valence-corrected chi connectivity index (χ1v) is 8.01. The van der Waals surface area contributed by atoms with Gasteiger partial charge in [0.05, 0.1) is 10.7 Å². The third-order valence-electron chi connectivity index (χ3n) is 3.74. The quantitative estimate of drug-likeness (QED) is 0.920. The second-order valence-corrected chi connectivity index (χ2v) is 6.33. The molecule has 1 fully saturated rings. The summed E-state index contributed by atoms with van der Waals surface area (Å²) in [6.45, 7) is 1.79. The lowest BCUT2D eigenvalue weighted by molar-refractivity contribution is 0.186. The Balaban J connectivity index is 1.59. The van der Waals surface area contributed by atoms with E-state index < -0.39 is 0 Å². The van der Waals surface area contributed by atoms with E-state index in [0.29, 0.717) is 5.92 Å². The highest BCUT2D eigenvalue weighted by Crippen LogP contribution is 2.22. The highest BCUT2D eigenvalue weighted by molar-refractivity contribution is 7.09. The molecule has 0 amide bonds. The van der Waals surface area contributed by atoms with Gasteiger partial charge in [0.15, 0.2) is 0 Å². The molecule has 106 valence electrons. The van der Waals surface area contributed by atoms with Crippen LogP contribution in [-0.2, 0) is 17.6 Å². The number of aromatic nitrogens is 1. The van der Waals surface area contributed by atoms with E-state index in [1.165, 1.54) is 17.0 Å². The number of nitrogens with two attached hydrogens (primary N) is 1. The predicted octanol–water partition coefficient (Wildman–Crippen LogP) is 2.96. The van der Waals surface area contributed by atoms with Gasteiger partial charge in [-0.3, -0.25) is 0 Å². The van der Waals surface area contributed by atoms with E-state index >= 15 is 0 Å². The molecule has 1 aromatic carbocycles. The molecule has 0 saturated carbocycles. The maximum atomic E-state index is 6.24. The minimum Gasteiger partial charge on any atom is -0.381 e. The number of benzene rings is 1. The standard InChI is InChI=1S/C16H20N2OS/c17-15(13-4-2-1-3-5-13)9-14-11-20-16(18-14)8-12-6-7-19-10-12/h1-5,11-12,15H,6-10,17H2. The monoisotopic (exact) mass is 288 g/mol. The molecule has 2 N–H and O–H groups in total. The van der Waals surface area contributed by atoms with Gasteiger partial charge < -0.3 is 10.5 Å². The van der Waals surface area contributed by atoms with Crippen LogP contribution in [0.2, 0.25) is 0 Å². The molecule has 0 spiro atoms. The summed E-state index contributed by atoms with van der Waals surface area (Å²) >= 11 is 1.75. The summed E-state index contributed by atoms with van der Waals surface area (Å²) in [5.74, 6) is 0.650. The third-order valence-corrected chi connectivity index (χ3v) is 4.66. The van der Waals surface area contributed by atoms with Crippen LogP contribution in [0, 0.1) is 5.92 Å². The molecule has 0 aliphatic carbocycles. The Kier molecular flexibility index (Phi) is 4.45. The Bertz CT molecular complexity index is 534. The van der Waals surface area contributed by atoms with Gasteiger partial charge in [0, 0.05) is 37.5 Å². The molecule has 1 aromatic heterocycles. The molecule has 20 heavy (non-hydrogen) atoms. The first-order chi connectivity index (χ1) is 9.81. The average molecular weight is 288 g/mol. The van der Waals surface area contributed by atoms with Gasteiger partial charge in [-0.25, -0.2) is 4.98 Å². The number of ether oxygens (including phenoxy) is 1. The Morgan fingerprint density at radius 2 is 2.20 bits per heavy atom. The minimum atomic E-state index is 0.0287. The molecule has 2 aromatic rings. The average Bonchev–Trinajstić information content (AvgIpc) is 3.12. The van der Waals surface area contributed by atoms with Crippen LogP contribution in [0.3, 0.4) is 0 Å². The Hall–Kier alpha value is -1.23. The molecular formula is C16H20N2OS. The van der Waals surface area contributed by atoms with Crippen LogP contribution in [-0.4, -0.2) is 18.2 Å². The first kappa shape index (κ1) is 13.7. The van der Waals surface area contributed by atoms with Crippen molar-refractivity contribution in [1.29, 1.82) is 0 Å². The number of nitrogens with zero attached hydrogens (tertiary/aromatic N) is 1. The predicted molar refractivity (Wildman–Crippen MR) is 81.8 cm³/mol. The van der Waals surface area contributed by atoms with Crippen molar-refractivity contribution in [3.63, 3.8) is 0 Å². The third kappa shape index (κ3) is 3.45. The van der Waals surface area contributed by atoms with Crippen LogP contribution in [0.4, 0.5) is 0 Å². The molecule has 2 heterocycles. The zero-order valence-corrected chi connectivity index (χ0v) is 12.3. The number of rotatable bonds is 5. The van der Waals surface area contributed by atoms with Crippen molar-refractivity contribution < 1.29 is 4.74 Å². The Labute approximate surface area is 123 Å². The van der Waals surface area contributed by atoms with Crippen LogP contribution in [0.1, 0.15) is 28.7 Å². The fraction of sp³-hybridized carbons (Fsp3) is 0.438. The van der Waals surface area contributed by atoms with Gasteiger partial charge in [-0.2, -0.15) is 0 Å². The van der Waals surface area contributed by atoms with Crippen molar-refractivity contribution in [1.82, 2.24) is 4.98 Å². The summed E-state index contributed by atoms with van der Waals surface area (Å²) in [4.78, 5) is 4.72. The van der Waals surface area contributed by atoms with E-state index in [9.17, 15) is 0 Å². The lowest BCUT2D eigenvalue weighted by atomic mass is 10.0. The normalized spacial score (nSPS) is 20.1. The SMILES string of the molecule is NC(Cc1csc(CC2CCOC2)n1)c1ccccc1. The van der Waals surface area contributed by atoms with Gasteiger partial charge in [-0.05, 0) is 17.9 Å². The zero-order chi connectivity index (χ0) is 13.8. The topological polar surface area (TPSA) is 48.1 Å². The van der Waals surface area contributed by atoms with Gasteiger partial charge in [0.25, 0.3) is 0 Å². The van der Waals surface area contributed by atoms with E-state index in [0.717, 1.165) is 31.7 Å². The van der Waals surface area contributed by atoms with E-state index in [1.807, 2.05) is 18.2 Å². The van der Waals surface area contributed by atoms with Crippen molar-refractivity contribution >= 4 is 11.3 Å². The fourth-order valence-electron chi connectivity index (χ4n) is 2.57. The number of hydrogen-bond acceptors (Lipinski definition) is 4. The summed E-state index contributed by atoms with van der Waals surface area (Å²) < 4.78 is 5.42. The zero-order valence-electron chi connectivity index (χ0n) is 11.5. The maximum absolute atomic E-state index is 6.24. The molecule has 1 aliphatic rings. The molecule has 3 nitrogen and oxygen atoms in total. The smallest absolute Gasteiger partial charge is 0.0931 e. The van der Waals surface area contributed by atoms with E-state index in [-0.39, 0.29) is 6.04 Å². The molecule has 1 aliphatic heterocycles. The van der Waals surface area contributed by atoms with Crippen LogP contribution < -0.4 is 5.73 Å². The second kappa shape index (κ2) is 6.48. The van der Waals surface area contributed by atoms with E-state index in [2.05, 4.69) is 17.5 Å². The Morgan fingerprint density at radius 3 is 2.95 bits per heavy atom. The summed E-state index contributed by atoms with van der Waals surface area (Å²) in [7, 11) is 0. The van der Waals surface area contributed by atoms with Gasteiger partial charge in [0.2, 0.25) is 0 Å². The molecule has 3 rings (SSSR count). The van der Waals surface area contributed by atoms with Gasteiger partial charge in [-0.1, -0.05) is 30.3 Å². The summed E-state index contributed by atoms with van der Waals surface area (Å²) in [6, 6.07) is 10.3. The van der Waals surface area contributed by atoms with Crippen molar-refractivity contribution in [2.24, 2.45) is 11.7 Å². The largest absolute Gasteiger partial charge is 0.381 e. The molecular weight excluding hydrogens is 268 g/mol. The van der Waals surface area contributed by atoms with Crippen LogP contribution in [0.15, 0.2) is 35.7 Å². The lowest BCUT2D eigenvalue weighted by Gasteiger charge is -2.10. The minimum absolute atomic E-state index is 0.0287. The van der Waals surface area contributed by atoms with Crippen LogP contribution >= 0.6 is 11.3 Å². The molecule has 2 atom stereocenters. The molecule has 4 heteroatoms. The second-order valence-electron chi connectivity index (χ2n) is 5.39. The molecule has 1 saturated heterocycles. The van der Waals surface area contributed by atoms with E-state index in [4.69, 9.17) is 15.5 Å². The molecule has 0 radical (unpaired) electrons. The van der Waals surface area contributed by atoms with Crippen molar-refractivity contribution in [3.05, 3.63) is 52.0 Å². The molecule has 0 bridgehead atoms. The van der Waals surface area contributed by atoms with E-state index in [1.54, 1.807) is 11.3 Å². The van der Waals surface area contributed by atoms with Crippen LogP contribution in [0.5, 0.6) is 0 Å². The first-order valence-electron chi connectivity index (χ1n) is 7.13. The number of thiazole rings is 1. The summed E-state index contributed by atoms with van der Waals surface area (Å²) in [6.07, 6.45) is 3.02. The highest BCUT2D eigenvalue weighted by atomic mass is 32.1. The van der Waals surface area contributed by atoms with Gasteiger partial charge >= 0.3 is 0 Å². The summed E-state index contributed by atoms with van der Waals surface area (Å²) in [5.41, 5.74) is 8.53. The van der Waals surface area contributed by atoms with Crippen molar-refractivity contribution in [2.45, 2.75) is 25.3 Å². The maximum Gasteiger partial charge on any atom is 0.0931 e. The lowest BCUT2D eigenvalue weighted by Crippen LogP contribution is -2.13. The van der Waals surface area contributed by atoms with Gasteiger partial charge in [-0.15, -0.1) is 11.3 Å². The Morgan fingerprint density at radius 1 is 1.35 bits per heavy atom. The number of hydrogen-bond donors (Lipinski definition) is 1.